The van der Waals surface area contributed by atoms with Crippen LogP contribution in [0.25, 0.3) is 0 Å². The molecule has 0 aliphatic rings. The van der Waals surface area contributed by atoms with E-state index in [4.69, 9.17) is 4.74 Å². The molecule has 1 atom stereocenters. The third-order valence-corrected chi connectivity index (χ3v) is 3.03. The maximum atomic E-state index is 11.9. The number of carbonyl (C=O) groups is 1. The van der Waals surface area contributed by atoms with Gasteiger partial charge in [0.25, 0.3) is 0 Å². The van der Waals surface area contributed by atoms with Crippen LogP contribution in [0, 0.1) is 0 Å². The minimum Gasteiger partial charge on any atom is -0.444 e. The number of hydrogen-bond acceptors (Lipinski definition) is 3. The minimum absolute atomic E-state index is 0.0952. The first-order valence-electron chi connectivity index (χ1n) is 7.15. The van der Waals surface area contributed by atoms with Gasteiger partial charge >= 0.3 is 6.09 Å². The fourth-order valence-corrected chi connectivity index (χ4v) is 1.59. The summed E-state index contributed by atoms with van der Waals surface area (Å²) in [6.45, 7) is 9.85. The van der Waals surface area contributed by atoms with Crippen LogP contribution in [0.5, 0.6) is 0 Å². The van der Waals surface area contributed by atoms with Gasteiger partial charge in [-0.1, -0.05) is 13.3 Å². The van der Waals surface area contributed by atoms with Crippen LogP contribution in [0.4, 0.5) is 4.79 Å². The maximum Gasteiger partial charge on any atom is 0.408 e. The number of unbranched alkanes of at least 4 members (excludes halogenated alkanes) is 1. The van der Waals surface area contributed by atoms with E-state index in [1.165, 1.54) is 0 Å². The Hall–Kier alpha value is -1.52. The maximum absolute atomic E-state index is 11.9. The van der Waals surface area contributed by atoms with Gasteiger partial charge in [0, 0.05) is 13.2 Å². The van der Waals surface area contributed by atoms with Crippen LogP contribution in [0.2, 0.25) is 0 Å². The highest BCUT2D eigenvalue weighted by atomic mass is 16.6. The molecule has 116 valence electrons. The first-order chi connectivity index (χ1) is 9.32. The lowest BCUT2D eigenvalue weighted by Crippen LogP contribution is -2.39. The Labute approximate surface area is 122 Å². The van der Waals surface area contributed by atoms with Crippen molar-refractivity contribution in [1.82, 2.24) is 10.6 Å². The van der Waals surface area contributed by atoms with Crippen LogP contribution in [-0.2, 0) is 4.74 Å². The molecule has 5 heteroatoms. The van der Waals surface area contributed by atoms with Crippen molar-refractivity contribution in [3.8, 4) is 0 Å². The summed E-state index contributed by atoms with van der Waals surface area (Å²) in [5.74, 6) is 0. The first kappa shape index (κ1) is 18.5. The number of alkyl carbamates (subject to hydrolysis) is 1. The molecule has 1 amide bonds. The Bertz CT molecular complexity index is 349. The number of carbonyl (C=O) groups excluding carboxylic acids is 1. The van der Waals surface area contributed by atoms with Gasteiger partial charge in [-0.3, -0.25) is 4.99 Å². The van der Waals surface area contributed by atoms with Crippen molar-refractivity contribution >= 4 is 12.4 Å². The van der Waals surface area contributed by atoms with E-state index in [1.54, 1.807) is 19.6 Å². The zero-order chi connectivity index (χ0) is 15.6. The predicted molar refractivity (Wildman–Crippen MR) is 84.0 cm³/mol. The number of rotatable bonds is 8. The molecule has 5 nitrogen and oxygen atoms in total. The fraction of sp³-hybridized carbons (Fsp3) is 0.733. The van der Waals surface area contributed by atoms with Crippen LogP contribution in [0.1, 0.15) is 53.9 Å². The van der Waals surface area contributed by atoms with Gasteiger partial charge < -0.3 is 15.4 Å². The highest BCUT2D eigenvalue weighted by molar-refractivity contribution is 5.68. The lowest BCUT2D eigenvalue weighted by atomic mass is 10.0. The average Bonchev–Trinajstić information content (AvgIpc) is 2.35. The van der Waals surface area contributed by atoms with E-state index < -0.39 is 5.60 Å². The molecule has 0 aromatic heterocycles. The molecule has 2 N–H and O–H groups in total. The van der Waals surface area contributed by atoms with Crippen molar-refractivity contribution in [2.45, 2.75) is 65.5 Å². The van der Waals surface area contributed by atoms with Crippen molar-refractivity contribution in [2.75, 3.05) is 7.05 Å². The Kier molecular flexibility index (Phi) is 8.68. The van der Waals surface area contributed by atoms with E-state index in [0.717, 1.165) is 24.8 Å². The van der Waals surface area contributed by atoms with Crippen LogP contribution < -0.4 is 10.6 Å². The second-order valence-electron chi connectivity index (χ2n) is 5.56. The lowest BCUT2D eigenvalue weighted by molar-refractivity contribution is 0.0302. The Morgan fingerprint density at radius 1 is 1.45 bits per heavy atom. The third-order valence-electron chi connectivity index (χ3n) is 3.03. The topological polar surface area (TPSA) is 62.7 Å². The van der Waals surface area contributed by atoms with Gasteiger partial charge in [0.15, 0.2) is 0 Å². The summed E-state index contributed by atoms with van der Waals surface area (Å²) in [5.41, 5.74) is 0.568. The zero-order valence-corrected chi connectivity index (χ0v) is 13.6. The molecule has 0 rings (SSSR count). The molecule has 0 bridgehead atoms. The lowest BCUT2D eigenvalue weighted by Gasteiger charge is -2.26. The highest BCUT2D eigenvalue weighted by Crippen LogP contribution is 2.18. The SMILES string of the molecule is CCCCC(C)(C)OC(=O)N[C@H](C)/C(C)=C/NC=NC. The number of ether oxygens (including phenoxy) is 1. The van der Waals surface area contributed by atoms with E-state index in [1.807, 2.05) is 27.7 Å². The molecule has 0 heterocycles. The molecule has 0 aliphatic heterocycles. The highest BCUT2D eigenvalue weighted by Gasteiger charge is 2.23. The van der Waals surface area contributed by atoms with E-state index >= 15 is 0 Å². The van der Waals surface area contributed by atoms with Gasteiger partial charge in [0.1, 0.15) is 5.60 Å². The summed E-state index contributed by atoms with van der Waals surface area (Å²) in [6, 6.07) is -0.0952. The Morgan fingerprint density at radius 3 is 2.65 bits per heavy atom. The Morgan fingerprint density at radius 2 is 2.10 bits per heavy atom. The van der Waals surface area contributed by atoms with Crippen molar-refractivity contribution < 1.29 is 9.53 Å². The normalized spacial score (nSPS) is 14.2. The van der Waals surface area contributed by atoms with E-state index in [9.17, 15) is 4.79 Å². The van der Waals surface area contributed by atoms with Crippen LogP contribution in [-0.4, -0.2) is 31.1 Å². The van der Waals surface area contributed by atoms with Gasteiger partial charge in [-0.25, -0.2) is 4.79 Å². The molecule has 0 fully saturated rings. The van der Waals surface area contributed by atoms with Crippen molar-refractivity contribution in [3.05, 3.63) is 11.8 Å². The largest absolute Gasteiger partial charge is 0.444 e. The minimum atomic E-state index is -0.426. The molecule has 0 unspecified atom stereocenters. The number of hydrogen-bond donors (Lipinski definition) is 2. The quantitative estimate of drug-likeness (QED) is 0.531. The van der Waals surface area contributed by atoms with Crippen molar-refractivity contribution in [3.63, 3.8) is 0 Å². The summed E-state index contributed by atoms with van der Waals surface area (Å²) in [6.07, 6.45) is 6.03. The first-order valence-corrected chi connectivity index (χ1v) is 7.15. The second kappa shape index (κ2) is 9.39. The van der Waals surface area contributed by atoms with Gasteiger partial charge in [0.05, 0.1) is 12.4 Å². The van der Waals surface area contributed by atoms with Crippen LogP contribution >= 0.6 is 0 Å². The van der Waals surface area contributed by atoms with Gasteiger partial charge in [-0.2, -0.15) is 0 Å². The number of amides is 1. The standard InChI is InChI=1S/C15H29N3O2/c1-7-8-9-15(4,5)20-14(19)18-13(3)12(2)10-17-11-16-6/h10-11,13H,7-9H2,1-6H3,(H,16,17)(H,18,19)/b12-10+/t13-/m1/s1. The van der Waals surface area contributed by atoms with Crippen LogP contribution in [0.3, 0.4) is 0 Å². The molecular weight excluding hydrogens is 254 g/mol. The summed E-state index contributed by atoms with van der Waals surface area (Å²) in [5, 5.41) is 5.74. The molecule has 0 aliphatic carbocycles. The number of aliphatic imine (C=N–C) groups is 1. The third kappa shape index (κ3) is 8.56. The van der Waals surface area contributed by atoms with Crippen molar-refractivity contribution in [1.29, 1.82) is 0 Å². The molecule has 0 radical (unpaired) electrons. The smallest absolute Gasteiger partial charge is 0.408 e. The average molecular weight is 283 g/mol. The van der Waals surface area contributed by atoms with Gasteiger partial charge in [0.2, 0.25) is 0 Å². The Balaban J connectivity index is 4.28. The predicted octanol–water partition coefficient (Wildman–Crippen LogP) is 3.22. The molecule has 0 saturated carbocycles. The summed E-state index contributed by atoms with van der Waals surface area (Å²) in [7, 11) is 1.69. The summed E-state index contributed by atoms with van der Waals surface area (Å²) >= 11 is 0. The number of nitrogens with one attached hydrogen (secondary N) is 2. The summed E-state index contributed by atoms with van der Waals surface area (Å²) in [4.78, 5) is 15.7. The van der Waals surface area contributed by atoms with E-state index in [-0.39, 0.29) is 12.1 Å². The molecule has 20 heavy (non-hydrogen) atoms. The molecule has 0 spiro atoms. The van der Waals surface area contributed by atoms with E-state index in [2.05, 4.69) is 22.5 Å². The van der Waals surface area contributed by atoms with Gasteiger partial charge in [-0.05, 0) is 46.1 Å². The molecular formula is C15H29N3O2. The monoisotopic (exact) mass is 283 g/mol. The van der Waals surface area contributed by atoms with Crippen LogP contribution in [0.15, 0.2) is 16.8 Å². The zero-order valence-electron chi connectivity index (χ0n) is 13.6. The van der Waals surface area contributed by atoms with E-state index in [0.29, 0.717) is 0 Å². The summed E-state index contributed by atoms with van der Waals surface area (Å²) < 4.78 is 5.46. The molecule has 0 aromatic rings. The van der Waals surface area contributed by atoms with Gasteiger partial charge in [-0.15, -0.1) is 0 Å². The van der Waals surface area contributed by atoms with Crippen molar-refractivity contribution in [2.24, 2.45) is 4.99 Å². The molecule has 0 aromatic carbocycles. The molecule has 0 saturated heterocycles. The second-order valence-corrected chi connectivity index (χ2v) is 5.56. The number of nitrogens with zero attached hydrogens (tertiary/aromatic N) is 1. The fourth-order valence-electron chi connectivity index (χ4n) is 1.59.